The zero-order valence-corrected chi connectivity index (χ0v) is 15.0. The van der Waals surface area contributed by atoms with E-state index in [9.17, 15) is 5.11 Å². The minimum absolute atomic E-state index is 0.188. The molecule has 0 saturated heterocycles. The molecule has 0 bridgehead atoms. The lowest BCUT2D eigenvalue weighted by atomic mass is 10.2. The summed E-state index contributed by atoms with van der Waals surface area (Å²) in [6.45, 7) is 0. The predicted octanol–water partition coefficient (Wildman–Crippen LogP) is 4.64. The molecule has 2 aromatic carbocycles. The molecule has 0 spiro atoms. The Balaban J connectivity index is 2.11. The van der Waals surface area contributed by atoms with Crippen molar-refractivity contribution >= 4 is 40.8 Å². The smallest absolute Gasteiger partial charge is 0.205 e. The van der Waals surface area contributed by atoms with E-state index in [1.807, 2.05) is 11.4 Å². The van der Waals surface area contributed by atoms with Crippen molar-refractivity contribution < 1.29 is 5.11 Å². The number of phenolic OH excluding ortho intramolecular Hbond substituents is 1. The summed E-state index contributed by atoms with van der Waals surface area (Å²) in [4.78, 5) is 4.96. The van der Waals surface area contributed by atoms with Gasteiger partial charge in [0.05, 0.1) is 16.9 Å². The number of hydrogen-bond donors (Lipinski definition) is 1. The molecule has 122 valence electrons. The summed E-state index contributed by atoms with van der Waals surface area (Å²) >= 11 is 13.9. The molecule has 0 amide bonds. The van der Waals surface area contributed by atoms with Gasteiger partial charge in [-0.2, -0.15) is 5.10 Å². The molecular formula is C17H13Cl2N3OS. The first-order chi connectivity index (χ1) is 11.6. The summed E-state index contributed by atoms with van der Waals surface area (Å²) in [7, 11) is 1.70. The van der Waals surface area contributed by atoms with Crippen LogP contribution < -0.4 is 4.80 Å². The lowest BCUT2D eigenvalue weighted by Gasteiger charge is -2.06. The van der Waals surface area contributed by atoms with Crippen LogP contribution in [0.15, 0.2) is 57.9 Å². The molecule has 0 aliphatic heterocycles. The van der Waals surface area contributed by atoms with E-state index in [0.717, 1.165) is 21.6 Å². The molecule has 0 aliphatic rings. The molecule has 1 heterocycles. The highest BCUT2D eigenvalue weighted by atomic mass is 35.5. The van der Waals surface area contributed by atoms with Crippen LogP contribution in [0.5, 0.6) is 5.75 Å². The van der Waals surface area contributed by atoms with Gasteiger partial charge in [0.1, 0.15) is 5.75 Å². The second-order valence-corrected chi connectivity index (χ2v) is 6.58. The van der Waals surface area contributed by atoms with Crippen molar-refractivity contribution in [1.29, 1.82) is 0 Å². The zero-order chi connectivity index (χ0) is 17.1. The van der Waals surface area contributed by atoms with Gasteiger partial charge in [-0.05, 0) is 35.9 Å². The Bertz CT molecular complexity index is 976. The van der Waals surface area contributed by atoms with Crippen LogP contribution in [0.25, 0.3) is 11.3 Å². The van der Waals surface area contributed by atoms with E-state index >= 15 is 0 Å². The maximum Gasteiger partial charge on any atom is 0.205 e. The van der Waals surface area contributed by atoms with Crippen molar-refractivity contribution in [2.45, 2.75) is 0 Å². The van der Waals surface area contributed by atoms with Crippen molar-refractivity contribution in [2.75, 3.05) is 7.05 Å². The van der Waals surface area contributed by atoms with Gasteiger partial charge in [-0.25, -0.2) is 4.68 Å². The van der Waals surface area contributed by atoms with Gasteiger partial charge >= 0.3 is 0 Å². The lowest BCUT2D eigenvalue weighted by molar-refractivity contribution is 0.475. The van der Waals surface area contributed by atoms with Crippen LogP contribution in [0.1, 0.15) is 5.56 Å². The monoisotopic (exact) mass is 377 g/mol. The molecule has 3 aromatic rings. The molecule has 0 fully saturated rings. The zero-order valence-electron chi connectivity index (χ0n) is 12.6. The van der Waals surface area contributed by atoms with Crippen molar-refractivity contribution in [1.82, 2.24) is 4.68 Å². The number of hydrogen-bond acceptors (Lipinski definition) is 4. The highest BCUT2D eigenvalue weighted by Crippen LogP contribution is 2.30. The number of aromatic nitrogens is 1. The molecule has 0 atom stereocenters. The van der Waals surface area contributed by atoms with E-state index in [0.29, 0.717) is 10.0 Å². The summed E-state index contributed by atoms with van der Waals surface area (Å²) in [5.41, 5.74) is 2.35. The van der Waals surface area contributed by atoms with E-state index in [4.69, 9.17) is 23.2 Å². The molecule has 24 heavy (non-hydrogen) atoms. The quantitative estimate of drug-likeness (QED) is 0.663. The Morgan fingerprint density at radius 3 is 2.75 bits per heavy atom. The molecule has 1 N–H and O–H groups in total. The average Bonchev–Trinajstić information content (AvgIpc) is 2.98. The SMILES string of the molecule is CN=c1scc(-c2cc(Cl)ccc2Cl)n1N=Cc1cccc(O)c1. The van der Waals surface area contributed by atoms with Crippen molar-refractivity contribution in [2.24, 2.45) is 10.1 Å². The Morgan fingerprint density at radius 1 is 1.17 bits per heavy atom. The van der Waals surface area contributed by atoms with E-state index < -0.39 is 0 Å². The van der Waals surface area contributed by atoms with E-state index in [1.54, 1.807) is 54.3 Å². The largest absolute Gasteiger partial charge is 0.508 e. The van der Waals surface area contributed by atoms with Crippen molar-refractivity contribution in [3.8, 4) is 17.0 Å². The van der Waals surface area contributed by atoms with Crippen LogP contribution >= 0.6 is 34.5 Å². The fourth-order valence-electron chi connectivity index (χ4n) is 2.17. The molecular weight excluding hydrogens is 365 g/mol. The highest BCUT2D eigenvalue weighted by Gasteiger charge is 2.11. The molecule has 0 unspecified atom stereocenters. The number of nitrogens with zero attached hydrogens (tertiary/aromatic N) is 3. The third-order valence-corrected chi connectivity index (χ3v) is 4.75. The topological polar surface area (TPSA) is 49.9 Å². The van der Waals surface area contributed by atoms with Gasteiger partial charge in [-0.15, -0.1) is 11.3 Å². The van der Waals surface area contributed by atoms with Crippen LogP contribution in [0.4, 0.5) is 0 Å². The maximum atomic E-state index is 9.55. The number of thiazole rings is 1. The number of phenols is 1. The summed E-state index contributed by atoms with van der Waals surface area (Å²) in [6.07, 6.45) is 1.66. The van der Waals surface area contributed by atoms with Crippen molar-refractivity contribution in [3.63, 3.8) is 0 Å². The average molecular weight is 378 g/mol. The Hall–Kier alpha value is -2.08. The molecule has 0 aliphatic carbocycles. The first-order valence-electron chi connectivity index (χ1n) is 7.00. The van der Waals surface area contributed by atoms with Crippen LogP contribution in [0, 0.1) is 0 Å². The summed E-state index contributed by atoms with van der Waals surface area (Å²) in [5.74, 6) is 0.188. The minimum Gasteiger partial charge on any atom is -0.508 e. The fraction of sp³-hybridized carbons (Fsp3) is 0.0588. The van der Waals surface area contributed by atoms with Gasteiger partial charge in [-0.1, -0.05) is 35.3 Å². The summed E-state index contributed by atoms with van der Waals surface area (Å²) < 4.78 is 1.70. The first-order valence-corrected chi connectivity index (χ1v) is 8.64. The standard InChI is InChI=1S/C17H13Cl2N3OS/c1-20-17-22(21-9-11-3-2-4-13(23)7-11)16(10-24-17)14-8-12(18)5-6-15(14)19/h2-10,23H,1H3. The third kappa shape index (κ3) is 3.53. The molecule has 3 rings (SSSR count). The summed E-state index contributed by atoms with van der Waals surface area (Å²) in [6, 6.07) is 12.1. The normalized spacial score (nSPS) is 12.2. The van der Waals surface area contributed by atoms with Crippen molar-refractivity contribution in [3.05, 3.63) is 68.3 Å². The molecule has 0 radical (unpaired) electrons. The third-order valence-electron chi connectivity index (χ3n) is 3.27. The van der Waals surface area contributed by atoms with Gasteiger partial charge in [-0.3, -0.25) is 4.99 Å². The first kappa shape index (κ1) is 16.8. The number of aromatic hydroxyl groups is 1. The molecule has 7 heteroatoms. The number of benzene rings is 2. The lowest BCUT2D eigenvalue weighted by Crippen LogP contribution is -2.11. The predicted molar refractivity (Wildman–Crippen MR) is 100 cm³/mol. The second kappa shape index (κ2) is 7.21. The molecule has 4 nitrogen and oxygen atoms in total. The van der Waals surface area contributed by atoms with E-state index in [-0.39, 0.29) is 5.75 Å². The number of rotatable bonds is 3. The Labute approximate surface area is 153 Å². The van der Waals surface area contributed by atoms with E-state index in [2.05, 4.69) is 10.1 Å². The molecule has 0 saturated carbocycles. The molecule has 1 aromatic heterocycles. The summed E-state index contributed by atoms with van der Waals surface area (Å²) in [5, 5.41) is 17.2. The second-order valence-electron chi connectivity index (χ2n) is 4.90. The Kier molecular flexibility index (Phi) is 5.04. The van der Waals surface area contributed by atoms with Gasteiger partial charge in [0.15, 0.2) is 0 Å². The fourth-order valence-corrected chi connectivity index (χ4v) is 3.35. The van der Waals surface area contributed by atoms with Crippen LogP contribution in [-0.2, 0) is 0 Å². The van der Waals surface area contributed by atoms with Gasteiger partial charge in [0.25, 0.3) is 0 Å². The van der Waals surface area contributed by atoms with Crippen LogP contribution in [0.3, 0.4) is 0 Å². The van der Waals surface area contributed by atoms with Crippen LogP contribution in [0.2, 0.25) is 10.0 Å². The van der Waals surface area contributed by atoms with Gasteiger partial charge in [0.2, 0.25) is 4.80 Å². The minimum atomic E-state index is 0.188. The van der Waals surface area contributed by atoms with Crippen LogP contribution in [-0.4, -0.2) is 23.0 Å². The van der Waals surface area contributed by atoms with Gasteiger partial charge < -0.3 is 5.11 Å². The van der Waals surface area contributed by atoms with Gasteiger partial charge in [0, 0.05) is 23.0 Å². The highest BCUT2D eigenvalue weighted by molar-refractivity contribution is 7.07. The Morgan fingerprint density at radius 2 is 2.00 bits per heavy atom. The number of halogens is 2. The van der Waals surface area contributed by atoms with E-state index in [1.165, 1.54) is 11.3 Å². The maximum absolute atomic E-state index is 9.55.